The molecule has 2 saturated heterocycles. The largest absolute Gasteiger partial charge is 0.493 e. The smallest absolute Gasteiger partial charge is 0.312 e. The van der Waals surface area contributed by atoms with Gasteiger partial charge in [-0.2, -0.15) is 0 Å². The van der Waals surface area contributed by atoms with Crippen LogP contribution in [-0.4, -0.2) is 137 Å². The van der Waals surface area contributed by atoms with Crippen molar-refractivity contribution in [3.63, 3.8) is 0 Å². The van der Waals surface area contributed by atoms with Gasteiger partial charge in [0.05, 0.1) is 47.2 Å². The second-order valence-electron chi connectivity index (χ2n) is 20.1. The molecule has 1 unspecified atom stereocenters. The third kappa shape index (κ3) is 16.6. The van der Waals surface area contributed by atoms with Gasteiger partial charge in [0, 0.05) is 81.2 Å². The fourth-order valence-corrected chi connectivity index (χ4v) is 10.2. The van der Waals surface area contributed by atoms with Crippen molar-refractivity contribution in [1.82, 2.24) is 41.6 Å². The first kappa shape index (κ1) is 60.3. The topological polar surface area (TPSA) is 313 Å². The average molecular weight is 1120 g/mol. The summed E-state index contributed by atoms with van der Waals surface area (Å²) in [6.07, 6.45) is 9.14. The number of urea groups is 1. The van der Waals surface area contributed by atoms with Crippen LogP contribution < -0.4 is 67.1 Å². The number of nitrogens with zero attached hydrogens (tertiary/aromatic N) is 4. The Morgan fingerprint density at radius 3 is 2.17 bits per heavy atom. The molecule has 3 aliphatic rings. The van der Waals surface area contributed by atoms with Gasteiger partial charge in [-0.25, -0.2) is 20.2 Å². The summed E-state index contributed by atoms with van der Waals surface area (Å²) in [4.78, 5) is 118. The molecule has 24 heteroatoms. The van der Waals surface area contributed by atoms with Crippen molar-refractivity contribution in [2.45, 2.75) is 89.3 Å². The number of ether oxygens (including phenoxy) is 4. The molecule has 3 heterocycles. The first-order chi connectivity index (χ1) is 39.2. The van der Waals surface area contributed by atoms with Crippen LogP contribution in [0.5, 0.6) is 23.0 Å². The number of aryl methyl sites for hydroxylation is 1. The molecule has 8 N–H and O–H groups in total. The average Bonchev–Trinajstić information content (AvgIpc) is 3.83. The lowest BCUT2D eigenvalue weighted by atomic mass is 9.94. The van der Waals surface area contributed by atoms with E-state index in [0.717, 1.165) is 54.3 Å². The van der Waals surface area contributed by atoms with Crippen molar-refractivity contribution in [2.24, 2.45) is 17.6 Å². The number of carbonyl (C=O) groups excluding carboxylic acids is 7. The number of nitrogens with two attached hydrogens (primary N) is 1. The summed E-state index contributed by atoms with van der Waals surface area (Å²) < 4.78 is 22.8. The second-order valence-corrected chi connectivity index (χ2v) is 20.1. The third-order valence-corrected chi connectivity index (χ3v) is 14.7. The van der Waals surface area contributed by atoms with Gasteiger partial charge >= 0.3 is 6.03 Å². The minimum atomic E-state index is -1.03. The number of methoxy groups -OCH3 is 4. The molecule has 81 heavy (non-hydrogen) atoms. The Balaban J connectivity index is 0.837. The highest BCUT2D eigenvalue weighted by atomic mass is 16.6. The predicted molar refractivity (Wildman–Crippen MR) is 299 cm³/mol. The Morgan fingerprint density at radius 1 is 0.790 bits per heavy atom. The quantitative estimate of drug-likeness (QED) is 0.0269. The van der Waals surface area contributed by atoms with E-state index in [9.17, 15) is 38.4 Å². The number of hydrogen-bond donors (Lipinski definition) is 7. The first-order valence-electron chi connectivity index (χ1n) is 27.2. The maximum Gasteiger partial charge on any atom is 0.312 e. The van der Waals surface area contributed by atoms with Gasteiger partial charge in [-0.1, -0.05) is 18.2 Å². The van der Waals surface area contributed by atoms with Gasteiger partial charge in [-0.15, -0.1) is 0 Å². The number of piperidine rings is 2. The first-order valence-corrected chi connectivity index (χ1v) is 27.2. The Kier molecular flexibility index (Phi) is 22.1. The molecule has 0 bridgehead atoms. The van der Waals surface area contributed by atoms with Crippen molar-refractivity contribution >= 4 is 53.5 Å². The molecule has 434 valence electrons. The number of primary amides is 1. The van der Waals surface area contributed by atoms with Gasteiger partial charge in [0.1, 0.15) is 12.3 Å². The molecule has 2 aliphatic heterocycles. The number of anilines is 2. The zero-order valence-corrected chi connectivity index (χ0v) is 46.3. The van der Waals surface area contributed by atoms with Gasteiger partial charge < -0.3 is 65.9 Å². The lowest BCUT2D eigenvalue weighted by Gasteiger charge is -2.33. The summed E-state index contributed by atoms with van der Waals surface area (Å²) >= 11 is 0. The molecule has 2 fully saturated rings. The normalized spacial score (nSPS) is 15.6. The summed E-state index contributed by atoms with van der Waals surface area (Å²) in [5.74, 6) is 0.415. The van der Waals surface area contributed by atoms with Gasteiger partial charge in [0.25, 0.3) is 5.91 Å². The maximum atomic E-state index is 13.4. The molecule has 1 aliphatic carbocycles. The number of aldehydes is 1. The van der Waals surface area contributed by atoms with Crippen LogP contribution >= 0.6 is 0 Å². The van der Waals surface area contributed by atoms with Crippen molar-refractivity contribution in [1.29, 1.82) is 0 Å². The summed E-state index contributed by atoms with van der Waals surface area (Å²) in [6.45, 7) is 2.90. The van der Waals surface area contributed by atoms with Crippen LogP contribution in [-0.2, 0) is 41.8 Å². The summed E-state index contributed by atoms with van der Waals surface area (Å²) in [7, 11) is 6.24. The maximum absolute atomic E-state index is 13.4. The molecule has 4 aromatic rings. The lowest BCUT2D eigenvalue weighted by molar-refractivity contribution is -0.133. The fourth-order valence-electron chi connectivity index (χ4n) is 10.2. The third-order valence-electron chi connectivity index (χ3n) is 14.7. The molecule has 7 amide bonds. The molecule has 3 aromatic carbocycles. The van der Waals surface area contributed by atoms with E-state index in [-0.39, 0.29) is 73.4 Å². The Hall–Kier alpha value is -8.38. The van der Waals surface area contributed by atoms with E-state index in [4.69, 9.17) is 29.5 Å². The Bertz CT molecular complexity index is 2910. The Labute approximate surface area is 469 Å². The van der Waals surface area contributed by atoms with E-state index in [2.05, 4.69) is 46.9 Å². The molecule has 2 atom stereocenters. The molecule has 1 aromatic heterocycles. The predicted octanol–water partition coefficient (Wildman–Crippen LogP) is 3.49. The molecule has 0 spiro atoms. The summed E-state index contributed by atoms with van der Waals surface area (Å²) in [6, 6.07) is 12.0. The molecular formula is C57H73N11O13. The monoisotopic (exact) mass is 1120 g/mol. The highest BCUT2D eigenvalue weighted by molar-refractivity contribution is 5.98. The minimum Gasteiger partial charge on any atom is -0.493 e. The highest BCUT2D eigenvalue weighted by Crippen LogP contribution is 2.50. The number of amides is 7. The van der Waals surface area contributed by atoms with Gasteiger partial charge in [-0.3, -0.25) is 33.6 Å². The number of carbonyl (C=O) groups is 7. The Morgan fingerprint density at radius 2 is 1.51 bits per heavy atom. The number of hydroxylamine groups is 1. The molecule has 0 radical (unpaired) electrons. The number of fused-ring (bicyclic) bond motifs is 3. The summed E-state index contributed by atoms with van der Waals surface area (Å²) in [5, 5.41) is 14.2. The fraction of sp³-hybridized carbons (Fsp3) is 0.474. The molecular weight excluding hydrogens is 1050 g/mol. The van der Waals surface area contributed by atoms with E-state index in [0.29, 0.717) is 92.2 Å². The van der Waals surface area contributed by atoms with E-state index >= 15 is 0 Å². The molecule has 7 rings (SSSR count). The minimum absolute atomic E-state index is 0.00920. The molecule has 24 nitrogen and oxygen atoms in total. The SMILES string of the molecule is COc1cc2c(c(OC)c1OC)-c1ccc(OC)c(=O)cc1C(NCC1CCN(c3ncc(C(=O)NOCc4ccc(NC(=O)[C@H](CCCNC(N)=O)NC(=O)CNC(=O)CCCC(=O)N5CCC(C=O)CC5)cc4)cn3)CC1)CC2. The van der Waals surface area contributed by atoms with Crippen molar-refractivity contribution in [2.75, 3.05) is 84.5 Å². The van der Waals surface area contributed by atoms with Crippen molar-refractivity contribution in [3.8, 4) is 34.1 Å². The van der Waals surface area contributed by atoms with E-state index < -0.39 is 42.2 Å². The highest BCUT2D eigenvalue weighted by Gasteiger charge is 2.31. The lowest BCUT2D eigenvalue weighted by Crippen LogP contribution is -2.47. The van der Waals surface area contributed by atoms with Crippen LogP contribution in [0, 0.1) is 11.8 Å². The number of benzene rings is 2. The van der Waals surface area contributed by atoms with Crippen LogP contribution in [0.2, 0.25) is 0 Å². The van der Waals surface area contributed by atoms with Gasteiger partial charge in [0.15, 0.2) is 17.2 Å². The van der Waals surface area contributed by atoms with E-state index in [1.165, 1.54) is 19.5 Å². The number of hydrogen-bond acceptors (Lipinski definition) is 17. The zero-order chi connectivity index (χ0) is 57.8. The van der Waals surface area contributed by atoms with Crippen LogP contribution in [0.25, 0.3) is 11.1 Å². The standard InChI is InChI=1S/C57H73N11O13/c1-77-46-17-15-41-42(28-45(46)70)43(16-12-38-27-47(78-2)52(79-3)53(80-4)51(38)41)60-29-35-18-25-68(26-19-35)57-62-30-39(31-63-57)54(74)66-81-34-37-10-13-40(14-11-37)64-55(75)44(7-6-22-59-56(58)76)65-49(72)32-61-48(71)8-5-9-50(73)67-23-20-36(33-69)21-24-67/h10-11,13-15,17,27-28,30-31,33,35-36,43-44,60H,5-9,12,16,18-26,29,32,34H2,1-4H3,(H,61,71)(H,64,75)(H,65,72)(H,66,74)(H3,58,59,76)/t43?,44-/m0/s1. The number of likely N-dealkylation sites (tertiary alicyclic amines) is 1. The molecule has 0 saturated carbocycles. The van der Waals surface area contributed by atoms with Crippen molar-refractivity contribution in [3.05, 3.63) is 93.4 Å². The number of aromatic nitrogens is 2. The second kappa shape index (κ2) is 29.7. The van der Waals surface area contributed by atoms with E-state index in [1.54, 1.807) is 62.6 Å². The summed E-state index contributed by atoms with van der Waals surface area (Å²) in [5.41, 5.74) is 12.2. The van der Waals surface area contributed by atoms with Gasteiger partial charge in [-0.05, 0) is 123 Å². The van der Waals surface area contributed by atoms with Crippen LogP contribution in [0.3, 0.4) is 0 Å². The van der Waals surface area contributed by atoms with Crippen LogP contribution in [0.1, 0.15) is 97.3 Å². The van der Waals surface area contributed by atoms with E-state index in [1.807, 2.05) is 12.1 Å². The van der Waals surface area contributed by atoms with Gasteiger partial charge in [0.2, 0.25) is 40.8 Å². The zero-order valence-electron chi connectivity index (χ0n) is 46.3. The van der Waals surface area contributed by atoms with Crippen LogP contribution in [0.15, 0.2) is 65.7 Å². The number of nitrogens with one attached hydrogen (secondary N) is 6. The number of rotatable bonds is 26. The van der Waals surface area contributed by atoms with Crippen molar-refractivity contribution < 1.29 is 57.3 Å². The van der Waals surface area contributed by atoms with Crippen LogP contribution in [0.4, 0.5) is 16.4 Å².